The van der Waals surface area contributed by atoms with Crippen molar-refractivity contribution >= 4 is 32.9 Å². The average Bonchev–Trinajstić information content (AvgIpc) is 3.61. The van der Waals surface area contributed by atoms with Gasteiger partial charge in [-0.05, 0) is 58.2 Å². The van der Waals surface area contributed by atoms with Crippen LogP contribution in [-0.2, 0) is 21.1 Å². The summed E-state index contributed by atoms with van der Waals surface area (Å²) in [4.78, 5) is 13.7. The minimum atomic E-state index is 0. The summed E-state index contributed by atoms with van der Waals surface area (Å²) in [5.41, 5.74) is 9.06. The molecular formula is C35H20N4OPt. The van der Waals surface area contributed by atoms with Crippen molar-refractivity contribution in [1.82, 2.24) is 19.5 Å². The molecule has 0 atom stereocenters. The van der Waals surface area contributed by atoms with Crippen LogP contribution >= 0.6 is 0 Å². The van der Waals surface area contributed by atoms with E-state index in [4.69, 9.17) is 9.40 Å². The number of pyridine rings is 2. The van der Waals surface area contributed by atoms with E-state index in [0.717, 1.165) is 66.5 Å². The Kier molecular flexibility index (Phi) is 6.30. The molecule has 0 fully saturated rings. The summed E-state index contributed by atoms with van der Waals surface area (Å²) in [6, 6.07) is 41.8. The van der Waals surface area contributed by atoms with E-state index in [0.29, 0.717) is 5.89 Å². The van der Waals surface area contributed by atoms with E-state index in [9.17, 15) is 0 Å². The molecule has 0 saturated carbocycles. The number of fused-ring (bicyclic) bond motifs is 4. The van der Waals surface area contributed by atoms with Crippen LogP contribution in [0.25, 0.3) is 72.4 Å². The number of aromatic nitrogens is 4. The van der Waals surface area contributed by atoms with Gasteiger partial charge in [0, 0.05) is 24.1 Å². The minimum Gasteiger partial charge on any atom is -0.481 e. The number of hydrogen-bond acceptors (Lipinski definition) is 4. The molecule has 0 bridgehead atoms. The largest absolute Gasteiger partial charge is 2.00 e. The van der Waals surface area contributed by atoms with Gasteiger partial charge in [0.25, 0.3) is 0 Å². The van der Waals surface area contributed by atoms with Crippen LogP contribution in [0.15, 0.2) is 126 Å². The van der Waals surface area contributed by atoms with Crippen molar-refractivity contribution in [2.24, 2.45) is 0 Å². The number of para-hydroxylation sites is 3. The summed E-state index contributed by atoms with van der Waals surface area (Å²) < 4.78 is 8.30. The number of nitrogens with zero attached hydrogens (tertiary/aromatic N) is 4. The Labute approximate surface area is 250 Å². The van der Waals surface area contributed by atoms with Crippen LogP contribution < -0.4 is 0 Å². The summed E-state index contributed by atoms with van der Waals surface area (Å²) in [5, 5.41) is 2.24. The monoisotopic (exact) mass is 707 g/mol. The zero-order chi connectivity index (χ0) is 26.5. The Morgan fingerprint density at radius 3 is 2.44 bits per heavy atom. The Balaban J connectivity index is 0.00000276. The molecule has 4 aromatic heterocycles. The molecule has 0 aliphatic heterocycles. The summed E-state index contributed by atoms with van der Waals surface area (Å²) in [6.45, 7) is 0. The predicted octanol–water partition coefficient (Wildman–Crippen LogP) is 8.31. The van der Waals surface area contributed by atoms with Crippen molar-refractivity contribution in [2.75, 3.05) is 0 Å². The summed E-state index contributed by atoms with van der Waals surface area (Å²) in [6.07, 6.45) is 5.46. The summed E-state index contributed by atoms with van der Waals surface area (Å²) >= 11 is 0. The molecule has 6 heteroatoms. The van der Waals surface area contributed by atoms with E-state index in [2.05, 4.69) is 75.2 Å². The molecule has 8 aromatic rings. The second-order valence-corrected chi connectivity index (χ2v) is 9.56. The molecule has 0 radical (unpaired) electrons. The second-order valence-electron chi connectivity index (χ2n) is 9.56. The fourth-order valence-electron chi connectivity index (χ4n) is 5.34. The molecule has 196 valence electrons. The van der Waals surface area contributed by atoms with Crippen LogP contribution in [0, 0.1) is 12.1 Å². The zero-order valence-electron chi connectivity index (χ0n) is 21.6. The third-order valence-corrected chi connectivity index (χ3v) is 7.17. The molecule has 0 amide bonds. The first kappa shape index (κ1) is 25.1. The van der Waals surface area contributed by atoms with Crippen LogP contribution in [0.1, 0.15) is 0 Å². The van der Waals surface area contributed by atoms with E-state index in [1.54, 1.807) is 6.20 Å². The van der Waals surface area contributed by atoms with Gasteiger partial charge in [-0.3, -0.25) is 9.97 Å². The van der Waals surface area contributed by atoms with E-state index in [1.165, 1.54) is 0 Å². The predicted molar refractivity (Wildman–Crippen MR) is 158 cm³/mol. The zero-order valence-corrected chi connectivity index (χ0v) is 23.8. The number of hydrogen-bond donors (Lipinski definition) is 0. The van der Waals surface area contributed by atoms with Crippen molar-refractivity contribution in [1.29, 1.82) is 0 Å². The molecule has 0 unspecified atom stereocenters. The standard InChI is InChI=1S/C35H20N4O.Pt/c1-3-12-32-27(9-1)28-16-14-23(35-38-31-11-2-4-13-34(31)40-35)20-33(28)39(32)25-15-17-26(24-8-7-18-36-22-24)29(21-25)30-10-5-6-19-37-30;/h1-19,22H;/q-2;+2. The van der Waals surface area contributed by atoms with E-state index in [1.807, 2.05) is 67.0 Å². The Hall–Kier alpha value is -4.86. The Bertz CT molecular complexity index is 2140. The maximum atomic E-state index is 6.09. The van der Waals surface area contributed by atoms with Crippen molar-refractivity contribution < 1.29 is 25.5 Å². The number of rotatable bonds is 4. The van der Waals surface area contributed by atoms with Crippen molar-refractivity contribution in [3.63, 3.8) is 0 Å². The van der Waals surface area contributed by atoms with Gasteiger partial charge in [0.05, 0.1) is 5.52 Å². The summed E-state index contributed by atoms with van der Waals surface area (Å²) in [5.74, 6) is 0.546. The first-order valence-corrected chi connectivity index (χ1v) is 13.0. The molecule has 41 heavy (non-hydrogen) atoms. The average molecular weight is 708 g/mol. The van der Waals surface area contributed by atoms with Gasteiger partial charge in [0.15, 0.2) is 0 Å². The van der Waals surface area contributed by atoms with Crippen molar-refractivity contribution in [2.45, 2.75) is 0 Å². The van der Waals surface area contributed by atoms with Gasteiger partial charge in [-0.15, -0.1) is 42.0 Å². The van der Waals surface area contributed by atoms with Crippen LogP contribution in [0.2, 0.25) is 0 Å². The number of benzene rings is 4. The van der Waals surface area contributed by atoms with Gasteiger partial charge in [0.2, 0.25) is 0 Å². The van der Waals surface area contributed by atoms with E-state index >= 15 is 0 Å². The van der Waals surface area contributed by atoms with Gasteiger partial charge >= 0.3 is 21.1 Å². The van der Waals surface area contributed by atoms with Gasteiger partial charge in [-0.2, -0.15) is 0 Å². The topological polar surface area (TPSA) is 56.7 Å². The van der Waals surface area contributed by atoms with Gasteiger partial charge in [-0.25, -0.2) is 0 Å². The molecule has 5 nitrogen and oxygen atoms in total. The Morgan fingerprint density at radius 1 is 0.707 bits per heavy atom. The maximum absolute atomic E-state index is 6.09. The minimum absolute atomic E-state index is 0. The molecule has 4 aromatic carbocycles. The number of oxazole rings is 1. The van der Waals surface area contributed by atoms with E-state index < -0.39 is 0 Å². The fraction of sp³-hybridized carbons (Fsp3) is 0. The maximum Gasteiger partial charge on any atom is 2.00 e. The second kappa shape index (κ2) is 10.3. The van der Waals surface area contributed by atoms with Crippen LogP contribution in [0.4, 0.5) is 0 Å². The normalized spacial score (nSPS) is 11.2. The van der Waals surface area contributed by atoms with Crippen LogP contribution in [-0.4, -0.2) is 19.5 Å². The SMILES string of the molecule is [Pt+2].[c-]1c(-n2c3[c-]c(-c4nc5ccccc5o4)ccc3c3ccccc32)ccc(-c2cccnc2)c1-c1ccccn1. The summed E-state index contributed by atoms with van der Waals surface area (Å²) in [7, 11) is 0. The van der Waals surface area contributed by atoms with Gasteiger partial charge in [0.1, 0.15) is 11.5 Å². The van der Waals surface area contributed by atoms with E-state index in [-0.39, 0.29) is 21.1 Å². The van der Waals surface area contributed by atoms with Crippen LogP contribution in [0.3, 0.4) is 0 Å². The first-order valence-electron chi connectivity index (χ1n) is 13.0. The Morgan fingerprint density at radius 2 is 1.59 bits per heavy atom. The molecule has 0 spiro atoms. The van der Waals surface area contributed by atoms with Crippen molar-refractivity contribution in [3.05, 3.63) is 134 Å². The third kappa shape index (κ3) is 4.26. The fourth-order valence-corrected chi connectivity index (χ4v) is 5.34. The molecule has 0 N–H and O–H groups in total. The van der Waals surface area contributed by atoms with Gasteiger partial charge in [-0.1, -0.05) is 65.0 Å². The molecular weight excluding hydrogens is 687 g/mol. The first-order chi connectivity index (χ1) is 19.8. The third-order valence-electron chi connectivity index (χ3n) is 7.17. The molecule has 4 heterocycles. The molecule has 0 aliphatic rings. The molecule has 0 aliphatic carbocycles. The molecule has 8 rings (SSSR count). The smallest absolute Gasteiger partial charge is 0.481 e. The van der Waals surface area contributed by atoms with Crippen molar-refractivity contribution in [3.8, 4) is 39.5 Å². The molecule has 0 saturated heterocycles. The van der Waals surface area contributed by atoms with Crippen LogP contribution in [0.5, 0.6) is 0 Å². The quantitative estimate of drug-likeness (QED) is 0.173. The van der Waals surface area contributed by atoms with Gasteiger partial charge < -0.3 is 14.0 Å².